The second-order valence-electron chi connectivity index (χ2n) is 2.90. The van der Waals surface area contributed by atoms with Gasteiger partial charge in [-0.15, -0.1) is 0 Å². The van der Waals surface area contributed by atoms with Crippen LogP contribution in [0.2, 0.25) is 5.28 Å². The van der Waals surface area contributed by atoms with Crippen LogP contribution in [-0.4, -0.2) is 22.2 Å². The van der Waals surface area contributed by atoms with Gasteiger partial charge in [-0.1, -0.05) is 5.16 Å². The fourth-order valence-corrected chi connectivity index (χ4v) is 1.33. The van der Waals surface area contributed by atoms with E-state index in [1.54, 1.807) is 12.4 Å². The standard InChI is InChI=1S/C9H8ClN3O2/c1-5-3-12-15-7(5)6-4-11-9(10)13-8(6)14-2/h3-4H,1-2H3. The first-order valence-electron chi connectivity index (χ1n) is 4.20. The molecule has 2 heterocycles. The largest absolute Gasteiger partial charge is 0.480 e. The third kappa shape index (κ3) is 1.78. The summed E-state index contributed by atoms with van der Waals surface area (Å²) >= 11 is 5.65. The lowest BCUT2D eigenvalue weighted by Gasteiger charge is -2.04. The average Bonchev–Trinajstić information content (AvgIpc) is 2.64. The Balaban J connectivity index is 2.58. The molecule has 2 aromatic rings. The van der Waals surface area contributed by atoms with Crippen LogP contribution in [0.4, 0.5) is 0 Å². The van der Waals surface area contributed by atoms with Crippen LogP contribution in [0, 0.1) is 6.92 Å². The first kappa shape index (κ1) is 9.92. The van der Waals surface area contributed by atoms with Gasteiger partial charge in [-0.05, 0) is 18.5 Å². The molecule has 0 aliphatic heterocycles. The van der Waals surface area contributed by atoms with Crippen molar-refractivity contribution in [1.29, 1.82) is 0 Å². The number of methoxy groups -OCH3 is 1. The van der Waals surface area contributed by atoms with Crippen molar-refractivity contribution in [2.24, 2.45) is 0 Å². The minimum atomic E-state index is 0.132. The summed E-state index contributed by atoms with van der Waals surface area (Å²) in [4.78, 5) is 7.80. The van der Waals surface area contributed by atoms with E-state index in [9.17, 15) is 0 Å². The van der Waals surface area contributed by atoms with Gasteiger partial charge in [0.25, 0.3) is 0 Å². The molecule has 5 nitrogen and oxygen atoms in total. The molecule has 0 bridgehead atoms. The Morgan fingerprint density at radius 1 is 1.40 bits per heavy atom. The highest BCUT2D eigenvalue weighted by Gasteiger charge is 2.15. The molecule has 0 N–H and O–H groups in total. The maximum Gasteiger partial charge on any atom is 0.228 e. The summed E-state index contributed by atoms with van der Waals surface area (Å²) in [6, 6.07) is 0. The van der Waals surface area contributed by atoms with E-state index in [2.05, 4.69) is 15.1 Å². The van der Waals surface area contributed by atoms with Gasteiger partial charge in [-0.2, -0.15) is 4.98 Å². The Morgan fingerprint density at radius 2 is 2.20 bits per heavy atom. The second kappa shape index (κ2) is 3.86. The molecule has 0 saturated heterocycles. The number of halogens is 1. The molecule has 2 rings (SSSR count). The number of rotatable bonds is 2. The molecule has 0 fully saturated rings. The highest BCUT2D eigenvalue weighted by Crippen LogP contribution is 2.30. The van der Waals surface area contributed by atoms with Gasteiger partial charge in [0.15, 0.2) is 5.76 Å². The number of hydrogen-bond donors (Lipinski definition) is 0. The molecule has 0 spiro atoms. The van der Waals surface area contributed by atoms with Crippen LogP contribution >= 0.6 is 11.6 Å². The van der Waals surface area contributed by atoms with Crippen molar-refractivity contribution < 1.29 is 9.26 Å². The molecule has 0 unspecified atom stereocenters. The number of ether oxygens (including phenoxy) is 1. The zero-order valence-corrected chi connectivity index (χ0v) is 8.95. The van der Waals surface area contributed by atoms with Crippen molar-refractivity contribution in [3.05, 3.63) is 23.2 Å². The number of aromatic nitrogens is 3. The Hall–Kier alpha value is -1.62. The highest BCUT2D eigenvalue weighted by molar-refractivity contribution is 6.28. The molecule has 0 amide bonds. The lowest BCUT2D eigenvalue weighted by Crippen LogP contribution is -1.94. The van der Waals surface area contributed by atoms with E-state index in [0.29, 0.717) is 17.2 Å². The molecule has 2 aromatic heterocycles. The molecule has 78 valence electrons. The fourth-order valence-electron chi connectivity index (χ4n) is 1.21. The normalized spacial score (nSPS) is 10.3. The molecule has 0 aliphatic carbocycles. The minimum Gasteiger partial charge on any atom is -0.480 e. The first-order valence-corrected chi connectivity index (χ1v) is 4.58. The Bertz CT molecular complexity index is 484. The van der Waals surface area contributed by atoms with Crippen LogP contribution in [0.3, 0.4) is 0 Å². The molecular formula is C9H8ClN3O2. The number of nitrogens with zero attached hydrogens (tertiary/aromatic N) is 3. The predicted octanol–water partition coefficient (Wildman–Crippen LogP) is 2.10. The maximum absolute atomic E-state index is 5.65. The van der Waals surface area contributed by atoms with Gasteiger partial charge < -0.3 is 9.26 Å². The summed E-state index contributed by atoms with van der Waals surface area (Å²) in [5.74, 6) is 0.957. The van der Waals surface area contributed by atoms with E-state index in [-0.39, 0.29) is 5.28 Å². The van der Waals surface area contributed by atoms with Crippen molar-refractivity contribution in [1.82, 2.24) is 15.1 Å². The van der Waals surface area contributed by atoms with E-state index in [4.69, 9.17) is 20.9 Å². The van der Waals surface area contributed by atoms with Crippen molar-refractivity contribution in [3.8, 4) is 17.2 Å². The Labute approximate surface area is 91.0 Å². The van der Waals surface area contributed by atoms with Crippen LogP contribution in [0.25, 0.3) is 11.3 Å². The quantitative estimate of drug-likeness (QED) is 0.733. The van der Waals surface area contributed by atoms with Gasteiger partial charge in [0, 0.05) is 11.8 Å². The van der Waals surface area contributed by atoms with Gasteiger partial charge in [-0.3, -0.25) is 0 Å². The molecule has 0 aliphatic rings. The zero-order valence-electron chi connectivity index (χ0n) is 8.19. The molecule has 0 aromatic carbocycles. The zero-order chi connectivity index (χ0) is 10.8. The summed E-state index contributed by atoms with van der Waals surface area (Å²) in [6.45, 7) is 1.87. The van der Waals surface area contributed by atoms with E-state index >= 15 is 0 Å². The minimum absolute atomic E-state index is 0.132. The lowest BCUT2D eigenvalue weighted by atomic mass is 10.2. The van der Waals surface area contributed by atoms with Gasteiger partial charge in [0.05, 0.1) is 13.3 Å². The van der Waals surface area contributed by atoms with Crippen molar-refractivity contribution in [2.75, 3.05) is 7.11 Å². The van der Waals surface area contributed by atoms with Gasteiger partial charge in [0.1, 0.15) is 5.56 Å². The topological polar surface area (TPSA) is 61.0 Å². The fraction of sp³-hybridized carbons (Fsp3) is 0.222. The molecule has 0 atom stereocenters. The maximum atomic E-state index is 5.65. The summed E-state index contributed by atoms with van der Waals surface area (Å²) < 4.78 is 10.2. The van der Waals surface area contributed by atoms with Gasteiger partial charge in [-0.25, -0.2) is 4.98 Å². The second-order valence-corrected chi connectivity index (χ2v) is 3.24. The average molecular weight is 226 g/mol. The highest BCUT2D eigenvalue weighted by atomic mass is 35.5. The molecule has 0 saturated carbocycles. The number of aryl methyl sites for hydroxylation is 1. The molecule has 6 heteroatoms. The third-order valence-corrected chi connectivity index (χ3v) is 2.09. The molecule has 15 heavy (non-hydrogen) atoms. The van der Waals surface area contributed by atoms with Crippen LogP contribution in [0.1, 0.15) is 5.56 Å². The monoisotopic (exact) mass is 225 g/mol. The Kier molecular flexibility index (Phi) is 2.55. The van der Waals surface area contributed by atoms with E-state index in [1.165, 1.54) is 7.11 Å². The predicted molar refractivity (Wildman–Crippen MR) is 53.8 cm³/mol. The third-order valence-electron chi connectivity index (χ3n) is 1.91. The van der Waals surface area contributed by atoms with Crippen molar-refractivity contribution >= 4 is 11.6 Å². The van der Waals surface area contributed by atoms with Gasteiger partial charge >= 0.3 is 0 Å². The number of hydrogen-bond acceptors (Lipinski definition) is 5. The first-order chi connectivity index (χ1) is 7.22. The summed E-state index contributed by atoms with van der Waals surface area (Å²) in [5, 5.41) is 3.81. The van der Waals surface area contributed by atoms with E-state index in [0.717, 1.165) is 5.56 Å². The molecular weight excluding hydrogens is 218 g/mol. The smallest absolute Gasteiger partial charge is 0.228 e. The van der Waals surface area contributed by atoms with Crippen molar-refractivity contribution in [2.45, 2.75) is 6.92 Å². The van der Waals surface area contributed by atoms with Crippen LogP contribution in [0.15, 0.2) is 16.9 Å². The van der Waals surface area contributed by atoms with Crippen LogP contribution in [-0.2, 0) is 0 Å². The van der Waals surface area contributed by atoms with E-state index in [1.807, 2.05) is 6.92 Å². The van der Waals surface area contributed by atoms with E-state index < -0.39 is 0 Å². The van der Waals surface area contributed by atoms with Crippen molar-refractivity contribution in [3.63, 3.8) is 0 Å². The van der Waals surface area contributed by atoms with Gasteiger partial charge in [0.2, 0.25) is 11.2 Å². The molecule has 0 radical (unpaired) electrons. The summed E-state index contributed by atoms with van der Waals surface area (Å²) in [6.07, 6.45) is 3.16. The van der Waals surface area contributed by atoms with Crippen LogP contribution in [0.5, 0.6) is 5.88 Å². The summed E-state index contributed by atoms with van der Waals surface area (Å²) in [7, 11) is 1.51. The summed E-state index contributed by atoms with van der Waals surface area (Å²) in [5.41, 5.74) is 1.52. The lowest BCUT2D eigenvalue weighted by molar-refractivity contribution is 0.391. The van der Waals surface area contributed by atoms with Crippen LogP contribution < -0.4 is 4.74 Å². The Morgan fingerprint density at radius 3 is 2.80 bits per heavy atom. The SMILES string of the molecule is COc1nc(Cl)ncc1-c1oncc1C.